The zero-order valence-electron chi connectivity index (χ0n) is 21.8. The smallest absolute Gasteiger partial charge is 0.244 e. The molecule has 0 fully saturated rings. The Hall–Kier alpha value is -4.21. The second kappa shape index (κ2) is 8.16. The third kappa shape index (κ3) is 3.83. The molecule has 0 bridgehead atoms. The maximum absolute atomic E-state index is 12.2. The molecule has 0 spiro atoms. The van der Waals surface area contributed by atoms with Crippen molar-refractivity contribution in [3.05, 3.63) is 47.5 Å². The number of nitrogens with one attached hydrogen (secondary N) is 2. The third-order valence-electron chi connectivity index (χ3n) is 7.86. The second-order valence-corrected chi connectivity index (χ2v) is 10.7. The van der Waals surface area contributed by atoms with Gasteiger partial charge in [-0.1, -0.05) is 6.92 Å². The third-order valence-corrected chi connectivity index (χ3v) is 7.86. The lowest BCUT2D eigenvalue weighted by Gasteiger charge is -2.24. The van der Waals surface area contributed by atoms with Crippen molar-refractivity contribution < 1.29 is 4.79 Å². The van der Waals surface area contributed by atoms with Gasteiger partial charge in [0.25, 0.3) is 0 Å². The van der Waals surface area contributed by atoms with Crippen LogP contribution in [-0.4, -0.2) is 54.7 Å². The number of anilines is 4. The Labute approximate surface area is 215 Å². The SMILES string of the molecule is Cc1c(-c2cc3cc(Nc4cc5n(n4)CC(=O)N(C)CC5)ncc3c(N)n2)cnc2c1NC(C)(C)[C@@H]2C. The molecule has 10 nitrogen and oxygen atoms in total. The van der Waals surface area contributed by atoms with Crippen LogP contribution < -0.4 is 16.4 Å². The zero-order chi connectivity index (χ0) is 26.1. The molecule has 6 rings (SSSR count). The van der Waals surface area contributed by atoms with Crippen LogP contribution in [-0.2, 0) is 17.8 Å². The van der Waals surface area contributed by atoms with Gasteiger partial charge < -0.3 is 21.3 Å². The zero-order valence-corrected chi connectivity index (χ0v) is 21.8. The predicted octanol–water partition coefficient (Wildman–Crippen LogP) is 3.84. The second-order valence-electron chi connectivity index (χ2n) is 10.7. The molecular formula is C27H31N9O. The Morgan fingerprint density at radius 1 is 1.16 bits per heavy atom. The summed E-state index contributed by atoms with van der Waals surface area (Å²) >= 11 is 0. The first kappa shape index (κ1) is 23.2. The summed E-state index contributed by atoms with van der Waals surface area (Å²) in [4.78, 5) is 28.0. The number of hydrogen-bond acceptors (Lipinski definition) is 8. The van der Waals surface area contributed by atoms with Crippen LogP contribution in [0.15, 0.2) is 30.6 Å². The number of rotatable bonds is 3. The van der Waals surface area contributed by atoms with Crippen LogP contribution in [0.4, 0.5) is 23.1 Å². The Morgan fingerprint density at radius 3 is 2.78 bits per heavy atom. The number of pyridine rings is 3. The highest BCUT2D eigenvalue weighted by atomic mass is 16.2. The van der Waals surface area contributed by atoms with Gasteiger partial charge in [0.05, 0.1) is 17.1 Å². The lowest BCUT2D eigenvalue weighted by molar-refractivity contribution is -0.130. The monoisotopic (exact) mass is 497 g/mol. The maximum atomic E-state index is 12.2. The van der Waals surface area contributed by atoms with E-state index in [9.17, 15) is 4.79 Å². The van der Waals surface area contributed by atoms with E-state index in [2.05, 4.69) is 48.4 Å². The summed E-state index contributed by atoms with van der Waals surface area (Å²) in [5.41, 5.74) is 12.3. The van der Waals surface area contributed by atoms with E-state index >= 15 is 0 Å². The molecule has 4 aromatic rings. The van der Waals surface area contributed by atoms with Gasteiger partial charge in [0.1, 0.15) is 18.2 Å². The van der Waals surface area contributed by atoms with Gasteiger partial charge >= 0.3 is 0 Å². The number of hydrogen-bond donors (Lipinski definition) is 3. The van der Waals surface area contributed by atoms with E-state index in [1.54, 1.807) is 15.8 Å². The first-order chi connectivity index (χ1) is 17.6. The Morgan fingerprint density at radius 2 is 1.97 bits per heavy atom. The molecule has 6 heterocycles. The van der Waals surface area contributed by atoms with E-state index in [1.807, 2.05) is 31.4 Å². The number of nitrogen functional groups attached to an aromatic ring is 1. The van der Waals surface area contributed by atoms with Crippen LogP contribution in [0.5, 0.6) is 0 Å². The summed E-state index contributed by atoms with van der Waals surface area (Å²) in [7, 11) is 1.82. The van der Waals surface area contributed by atoms with Gasteiger partial charge in [-0.05, 0) is 43.9 Å². The Kier molecular flexibility index (Phi) is 5.11. The van der Waals surface area contributed by atoms with Gasteiger partial charge in [-0.2, -0.15) is 5.10 Å². The summed E-state index contributed by atoms with van der Waals surface area (Å²) < 4.78 is 1.76. The number of amides is 1. The van der Waals surface area contributed by atoms with E-state index in [1.165, 1.54) is 0 Å². The summed E-state index contributed by atoms with van der Waals surface area (Å²) in [6, 6.07) is 5.94. The van der Waals surface area contributed by atoms with E-state index < -0.39 is 0 Å². The highest BCUT2D eigenvalue weighted by Gasteiger charge is 2.38. The van der Waals surface area contributed by atoms with Crippen LogP contribution in [0, 0.1) is 6.92 Å². The highest BCUT2D eigenvalue weighted by molar-refractivity contribution is 5.95. The van der Waals surface area contributed by atoms with Crippen molar-refractivity contribution in [2.45, 2.75) is 52.1 Å². The van der Waals surface area contributed by atoms with E-state index in [-0.39, 0.29) is 18.0 Å². The first-order valence-electron chi connectivity index (χ1n) is 12.5. The molecule has 2 aliphatic heterocycles. The van der Waals surface area contributed by atoms with Crippen molar-refractivity contribution in [2.75, 3.05) is 30.0 Å². The maximum Gasteiger partial charge on any atom is 0.244 e. The first-order valence-corrected chi connectivity index (χ1v) is 12.5. The normalized spacial score (nSPS) is 18.4. The largest absolute Gasteiger partial charge is 0.383 e. The van der Waals surface area contributed by atoms with Crippen molar-refractivity contribution in [2.24, 2.45) is 0 Å². The van der Waals surface area contributed by atoms with Crippen molar-refractivity contribution in [3.8, 4) is 11.3 Å². The number of fused-ring (bicyclic) bond motifs is 3. The minimum Gasteiger partial charge on any atom is -0.383 e. The van der Waals surface area contributed by atoms with Gasteiger partial charge in [0.15, 0.2) is 5.82 Å². The Balaban J connectivity index is 1.34. The molecule has 0 aromatic carbocycles. The van der Waals surface area contributed by atoms with Crippen molar-refractivity contribution >= 4 is 39.8 Å². The molecule has 0 saturated heterocycles. The van der Waals surface area contributed by atoms with Crippen LogP contribution in [0.25, 0.3) is 22.0 Å². The van der Waals surface area contributed by atoms with Gasteiger partial charge in [0, 0.05) is 66.6 Å². The molecule has 190 valence electrons. The number of carbonyl (C=O) groups excluding carboxylic acids is 1. The summed E-state index contributed by atoms with van der Waals surface area (Å²) in [6.07, 6.45) is 4.38. The van der Waals surface area contributed by atoms with Crippen LogP contribution in [0.2, 0.25) is 0 Å². The summed E-state index contributed by atoms with van der Waals surface area (Å²) in [5.74, 6) is 2.08. The fourth-order valence-corrected chi connectivity index (χ4v) is 5.16. The van der Waals surface area contributed by atoms with Gasteiger partial charge in [0.2, 0.25) is 5.91 Å². The average Bonchev–Trinajstić information content (AvgIpc) is 3.29. The summed E-state index contributed by atoms with van der Waals surface area (Å²) in [5, 5.41) is 13.2. The molecule has 10 heteroatoms. The molecule has 4 N–H and O–H groups in total. The van der Waals surface area contributed by atoms with E-state index in [0.29, 0.717) is 29.9 Å². The molecule has 4 aromatic heterocycles. The van der Waals surface area contributed by atoms with E-state index in [4.69, 9.17) is 15.7 Å². The topological polar surface area (TPSA) is 127 Å². The minimum absolute atomic E-state index is 0.0530. The molecule has 0 aliphatic carbocycles. The number of carbonyl (C=O) groups is 1. The molecule has 2 aliphatic rings. The molecule has 37 heavy (non-hydrogen) atoms. The van der Waals surface area contributed by atoms with Crippen LogP contribution in [0.1, 0.15) is 43.6 Å². The molecule has 0 radical (unpaired) electrons. The fraction of sp³-hybridized carbons (Fsp3) is 0.370. The summed E-state index contributed by atoms with van der Waals surface area (Å²) in [6.45, 7) is 9.61. The lowest BCUT2D eigenvalue weighted by atomic mass is 9.90. The fourth-order valence-electron chi connectivity index (χ4n) is 5.16. The van der Waals surface area contributed by atoms with Crippen molar-refractivity contribution in [1.29, 1.82) is 0 Å². The van der Waals surface area contributed by atoms with Crippen molar-refractivity contribution in [1.82, 2.24) is 29.6 Å². The van der Waals surface area contributed by atoms with Gasteiger partial charge in [-0.25, -0.2) is 9.97 Å². The number of likely N-dealkylation sites (N-methyl/N-ethyl adjacent to an activating group) is 1. The van der Waals surface area contributed by atoms with Crippen molar-refractivity contribution in [3.63, 3.8) is 0 Å². The quantitative estimate of drug-likeness (QED) is 0.390. The van der Waals surface area contributed by atoms with Gasteiger partial charge in [-0.15, -0.1) is 0 Å². The number of nitrogens with two attached hydrogens (primary N) is 1. The predicted molar refractivity (Wildman–Crippen MR) is 145 cm³/mol. The standard InChI is InChI=1S/C27H31N9O/c1-14-18(11-30-25-15(2)27(3,4)33-24(14)25)20-8-16-9-21(29-12-19(16)26(28)31-20)32-22-10-17-6-7-35(5)23(37)13-36(17)34-22/h8-12,15,33H,6-7,13H2,1-5H3,(H2,28,31)(H,29,32,34)/t15-/m1/s1. The van der Waals surface area contributed by atoms with E-state index in [0.717, 1.165) is 51.1 Å². The van der Waals surface area contributed by atoms with Crippen LogP contribution >= 0.6 is 0 Å². The average molecular weight is 498 g/mol. The molecule has 0 saturated carbocycles. The number of nitrogens with zero attached hydrogens (tertiary/aromatic N) is 6. The minimum atomic E-state index is -0.0600. The molecular weight excluding hydrogens is 466 g/mol. The lowest BCUT2D eigenvalue weighted by Crippen LogP contribution is -2.30. The number of aromatic nitrogens is 5. The van der Waals surface area contributed by atoms with Gasteiger partial charge in [-0.3, -0.25) is 14.5 Å². The molecule has 1 amide bonds. The highest BCUT2D eigenvalue weighted by Crippen LogP contribution is 2.44. The Bertz CT molecular complexity index is 1570. The molecule has 0 unspecified atom stereocenters. The molecule has 1 atom stereocenters. The van der Waals surface area contributed by atoms with Crippen LogP contribution in [0.3, 0.4) is 0 Å².